The van der Waals surface area contributed by atoms with Crippen molar-refractivity contribution < 1.29 is 0 Å². The maximum Gasteiger partial charge on any atom is 0.0637 e. The van der Waals surface area contributed by atoms with Gasteiger partial charge in [-0.3, -0.25) is 0 Å². The van der Waals surface area contributed by atoms with Crippen LogP contribution >= 0.6 is 23.2 Å². The summed E-state index contributed by atoms with van der Waals surface area (Å²) >= 11 is 12.2. The van der Waals surface area contributed by atoms with Crippen LogP contribution in [0, 0.1) is 16.7 Å². The molecule has 0 unspecified atom stereocenters. The van der Waals surface area contributed by atoms with E-state index in [2.05, 4.69) is 33.0 Å². The second-order valence-corrected chi connectivity index (χ2v) is 7.12. The van der Waals surface area contributed by atoms with Crippen molar-refractivity contribution in [2.75, 3.05) is 6.54 Å². The Labute approximate surface area is 120 Å². The first-order valence-corrected chi connectivity index (χ1v) is 7.17. The molecule has 0 heterocycles. The van der Waals surface area contributed by atoms with Gasteiger partial charge in [0.2, 0.25) is 0 Å². The Morgan fingerprint density at radius 3 is 2.28 bits per heavy atom. The molecule has 0 bridgehead atoms. The molecule has 1 aliphatic rings. The molecule has 1 N–H and O–H groups in total. The maximum atomic E-state index is 6.16. The molecule has 0 atom stereocenters. The summed E-state index contributed by atoms with van der Waals surface area (Å²) in [5.41, 5.74) is 1.93. The lowest BCUT2D eigenvalue weighted by atomic mass is 10.0. The van der Waals surface area contributed by atoms with Crippen molar-refractivity contribution in [3.05, 3.63) is 33.8 Å². The predicted octanol–water partition coefficient (Wildman–Crippen LogP) is 4.77. The van der Waals surface area contributed by atoms with E-state index >= 15 is 0 Å². The van der Waals surface area contributed by atoms with E-state index < -0.39 is 0 Å². The summed E-state index contributed by atoms with van der Waals surface area (Å²) in [5, 5.41) is 4.80. The zero-order valence-electron chi connectivity index (χ0n) is 11.5. The van der Waals surface area contributed by atoms with Gasteiger partial charge in [0.05, 0.1) is 10.0 Å². The molecular weight excluding hydrogens is 265 g/mol. The second-order valence-electron chi connectivity index (χ2n) is 6.34. The third-order valence-electron chi connectivity index (χ3n) is 5.02. The molecule has 1 nitrogen and oxygen atoms in total. The fraction of sp³-hybridized carbons (Fsp3) is 0.600. The van der Waals surface area contributed by atoms with Crippen molar-refractivity contribution in [2.24, 2.45) is 16.7 Å². The number of rotatable bonds is 4. The number of halogens is 2. The third kappa shape index (κ3) is 2.29. The van der Waals surface area contributed by atoms with Gasteiger partial charge in [-0.05, 0) is 34.9 Å². The topological polar surface area (TPSA) is 12.0 Å². The monoisotopic (exact) mass is 285 g/mol. The summed E-state index contributed by atoms with van der Waals surface area (Å²) in [4.78, 5) is 0. The molecule has 100 valence electrons. The molecular formula is C15H21Cl2N. The molecule has 3 heteroatoms. The Morgan fingerprint density at radius 1 is 1.11 bits per heavy atom. The fourth-order valence-corrected chi connectivity index (χ4v) is 3.27. The molecule has 1 aliphatic carbocycles. The molecule has 0 amide bonds. The van der Waals surface area contributed by atoms with Gasteiger partial charge in [-0.2, -0.15) is 0 Å². The van der Waals surface area contributed by atoms with Gasteiger partial charge in [0.1, 0.15) is 0 Å². The van der Waals surface area contributed by atoms with Crippen LogP contribution in [0.2, 0.25) is 10.0 Å². The van der Waals surface area contributed by atoms with Crippen molar-refractivity contribution >= 4 is 23.2 Å². The van der Waals surface area contributed by atoms with Crippen LogP contribution in [0.5, 0.6) is 0 Å². The van der Waals surface area contributed by atoms with Crippen molar-refractivity contribution in [3.8, 4) is 0 Å². The van der Waals surface area contributed by atoms with Crippen LogP contribution in [0.3, 0.4) is 0 Å². The first kappa shape index (κ1) is 14.2. The minimum absolute atomic E-state index is 0.429. The molecule has 0 saturated heterocycles. The molecule has 2 rings (SSSR count). The SMILES string of the molecule is CC1(C)C(CNCc2cccc(Cl)c2Cl)C1(C)C. The van der Waals surface area contributed by atoms with Crippen LogP contribution in [0.25, 0.3) is 0 Å². The highest BCUT2D eigenvalue weighted by Gasteiger charge is 2.63. The normalized spacial score (nSPS) is 21.0. The lowest BCUT2D eigenvalue weighted by Crippen LogP contribution is -2.19. The van der Waals surface area contributed by atoms with E-state index in [0.29, 0.717) is 20.9 Å². The van der Waals surface area contributed by atoms with Crippen LogP contribution in [0.15, 0.2) is 18.2 Å². The molecule has 1 saturated carbocycles. The molecule has 18 heavy (non-hydrogen) atoms. The molecule has 1 fully saturated rings. The van der Waals surface area contributed by atoms with Gasteiger partial charge < -0.3 is 5.32 Å². The smallest absolute Gasteiger partial charge is 0.0637 e. The van der Waals surface area contributed by atoms with Gasteiger partial charge >= 0.3 is 0 Å². The number of hydrogen-bond acceptors (Lipinski definition) is 1. The van der Waals surface area contributed by atoms with Gasteiger partial charge in [0.25, 0.3) is 0 Å². The lowest BCUT2D eigenvalue weighted by Gasteiger charge is -2.08. The molecule has 0 spiro atoms. The maximum absolute atomic E-state index is 6.16. The van der Waals surface area contributed by atoms with E-state index in [0.717, 1.165) is 24.6 Å². The van der Waals surface area contributed by atoms with Crippen molar-refractivity contribution in [2.45, 2.75) is 34.2 Å². The van der Waals surface area contributed by atoms with E-state index in [-0.39, 0.29) is 0 Å². The number of nitrogens with one attached hydrogen (secondary N) is 1. The van der Waals surface area contributed by atoms with Crippen LogP contribution in [-0.2, 0) is 6.54 Å². The average molecular weight is 286 g/mol. The van der Waals surface area contributed by atoms with Gasteiger partial charge in [-0.25, -0.2) is 0 Å². The quantitative estimate of drug-likeness (QED) is 0.841. The third-order valence-corrected chi connectivity index (χ3v) is 5.87. The van der Waals surface area contributed by atoms with Gasteiger partial charge in [0, 0.05) is 6.54 Å². The summed E-state index contributed by atoms with van der Waals surface area (Å²) in [5.74, 6) is 0.725. The first-order valence-electron chi connectivity index (χ1n) is 6.42. The van der Waals surface area contributed by atoms with E-state index in [1.54, 1.807) is 0 Å². The Balaban J connectivity index is 1.89. The first-order chi connectivity index (χ1) is 8.28. The Hall–Kier alpha value is -0.240. The molecule has 1 aromatic carbocycles. The van der Waals surface area contributed by atoms with E-state index in [4.69, 9.17) is 23.2 Å². The summed E-state index contributed by atoms with van der Waals surface area (Å²) in [6.07, 6.45) is 0. The largest absolute Gasteiger partial charge is 0.312 e. The van der Waals surface area contributed by atoms with E-state index in [1.807, 2.05) is 18.2 Å². The number of benzene rings is 1. The molecule has 0 aliphatic heterocycles. The highest BCUT2D eigenvalue weighted by Crippen LogP contribution is 2.67. The standard InChI is InChI=1S/C15H21Cl2N/c1-14(2)12(15(14,3)4)9-18-8-10-6-5-7-11(16)13(10)17/h5-7,12,18H,8-9H2,1-4H3. The highest BCUT2D eigenvalue weighted by molar-refractivity contribution is 6.42. The van der Waals surface area contributed by atoms with Crippen LogP contribution in [0.1, 0.15) is 33.3 Å². The summed E-state index contributed by atoms with van der Waals surface area (Å²) in [7, 11) is 0. The zero-order chi connectivity index (χ0) is 13.6. The summed E-state index contributed by atoms with van der Waals surface area (Å²) in [6, 6.07) is 5.78. The van der Waals surface area contributed by atoms with Crippen LogP contribution < -0.4 is 5.32 Å². The van der Waals surface area contributed by atoms with Crippen LogP contribution in [0.4, 0.5) is 0 Å². The average Bonchev–Trinajstić information content (AvgIpc) is 2.66. The number of hydrogen-bond donors (Lipinski definition) is 1. The lowest BCUT2D eigenvalue weighted by molar-refractivity contribution is 0.457. The Bertz CT molecular complexity index is 438. The van der Waals surface area contributed by atoms with Crippen molar-refractivity contribution in [3.63, 3.8) is 0 Å². The molecule has 1 aromatic rings. The predicted molar refractivity (Wildman–Crippen MR) is 79.2 cm³/mol. The Morgan fingerprint density at radius 2 is 1.72 bits per heavy atom. The second kappa shape index (κ2) is 4.70. The van der Waals surface area contributed by atoms with Gasteiger partial charge in [-0.15, -0.1) is 0 Å². The summed E-state index contributed by atoms with van der Waals surface area (Å²) in [6.45, 7) is 11.2. The molecule has 0 radical (unpaired) electrons. The molecule has 0 aromatic heterocycles. The minimum atomic E-state index is 0.429. The van der Waals surface area contributed by atoms with Crippen LogP contribution in [-0.4, -0.2) is 6.54 Å². The van der Waals surface area contributed by atoms with E-state index in [9.17, 15) is 0 Å². The highest BCUT2D eigenvalue weighted by atomic mass is 35.5. The Kier molecular flexibility index (Phi) is 3.70. The van der Waals surface area contributed by atoms with E-state index in [1.165, 1.54) is 0 Å². The fourth-order valence-electron chi connectivity index (χ4n) is 2.88. The summed E-state index contributed by atoms with van der Waals surface area (Å²) < 4.78 is 0. The minimum Gasteiger partial charge on any atom is -0.312 e. The van der Waals surface area contributed by atoms with Gasteiger partial charge in [-0.1, -0.05) is 63.0 Å². The van der Waals surface area contributed by atoms with Crippen molar-refractivity contribution in [1.29, 1.82) is 0 Å². The zero-order valence-corrected chi connectivity index (χ0v) is 13.0. The van der Waals surface area contributed by atoms with Crippen molar-refractivity contribution in [1.82, 2.24) is 5.32 Å². The van der Waals surface area contributed by atoms with Gasteiger partial charge in [0.15, 0.2) is 0 Å².